The molecule has 0 saturated heterocycles. The number of halogens is 2. The Balaban J connectivity index is 1.98. The molecule has 202 valence electrons. The van der Waals surface area contributed by atoms with Crippen LogP contribution in [0.4, 0.5) is 10.1 Å². The van der Waals surface area contributed by atoms with Crippen molar-refractivity contribution in [2.24, 2.45) is 0 Å². The summed E-state index contributed by atoms with van der Waals surface area (Å²) in [5, 5.41) is 3.12. The molecule has 0 aliphatic rings. The highest BCUT2D eigenvalue weighted by Crippen LogP contribution is 2.26. The third-order valence-electron chi connectivity index (χ3n) is 5.97. The Labute approximate surface area is 228 Å². The summed E-state index contributed by atoms with van der Waals surface area (Å²) in [6, 6.07) is 18.6. The number of hydrogen-bond acceptors (Lipinski definition) is 4. The van der Waals surface area contributed by atoms with E-state index < -0.39 is 34.3 Å². The lowest BCUT2D eigenvalue weighted by Gasteiger charge is -2.32. The Morgan fingerprint density at radius 1 is 1.00 bits per heavy atom. The van der Waals surface area contributed by atoms with Crippen molar-refractivity contribution >= 4 is 39.1 Å². The molecule has 0 radical (unpaired) electrons. The topological polar surface area (TPSA) is 86.8 Å². The normalized spacial score (nSPS) is 12.0. The van der Waals surface area contributed by atoms with Gasteiger partial charge in [0.05, 0.1) is 10.6 Å². The summed E-state index contributed by atoms with van der Waals surface area (Å²) in [6.45, 7) is 3.44. The van der Waals surface area contributed by atoms with Crippen molar-refractivity contribution in [2.75, 3.05) is 17.4 Å². The highest BCUT2D eigenvalue weighted by atomic mass is 35.5. The summed E-state index contributed by atoms with van der Waals surface area (Å²) >= 11 is 6.16. The molecule has 10 heteroatoms. The van der Waals surface area contributed by atoms with Gasteiger partial charge in [0.1, 0.15) is 18.4 Å². The van der Waals surface area contributed by atoms with E-state index in [2.05, 4.69) is 5.32 Å². The fourth-order valence-electron chi connectivity index (χ4n) is 3.78. The van der Waals surface area contributed by atoms with E-state index in [9.17, 15) is 22.4 Å². The molecule has 38 heavy (non-hydrogen) atoms. The van der Waals surface area contributed by atoms with Gasteiger partial charge in [0.15, 0.2) is 0 Å². The summed E-state index contributed by atoms with van der Waals surface area (Å²) in [5.74, 6) is -1.40. The lowest BCUT2D eigenvalue weighted by molar-refractivity contribution is -0.139. The smallest absolute Gasteiger partial charge is 0.264 e. The van der Waals surface area contributed by atoms with Gasteiger partial charge in [-0.15, -0.1) is 0 Å². The van der Waals surface area contributed by atoms with Gasteiger partial charge in [-0.1, -0.05) is 61.3 Å². The first kappa shape index (κ1) is 29.1. The molecule has 0 fully saturated rings. The number of rotatable bonds is 12. The van der Waals surface area contributed by atoms with Crippen LogP contribution in [0.2, 0.25) is 5.02 Å². The summed E-state index contributed by atoms with van der Waals surface area (Å²) in [6.07, 6.45) is 1.67. The Morgan fingerprint density at radius 2 is 1.68 bits per heavy atom. The number of carbonyl (C=O) groups excluding carboxylic acids is 2. The van der Waals surface area contributed by atoms with Crippen LogP contribution in [-0.2, 0) is 26.2 Å². The molecule has 3 rings (SSSR count). The van der Waals surface area contributed by atoms with Crippen LogP contribution in [0.5, 0.6) is 0 Å². The monoisotopic (exact) mass is 559 g/mol. The molecule has 1 N–H and O–H groups in total. The lowest BCUT2D eigenvalue weighted by Crippen LogP contribution is -2.51. The van der Waals surface area contributed by atoms with E-state index in [-0.39, 0.29) is 23.0 Å². The maximum atomic E-state index is 13.8. The van der Waals surface area contributed by atoms with Crippen LogP contribution >= 0.6 is 11.6 Å². The number of anilines is 1. The Kier molecular flexibility index (Phi) is 10.3. The molecule has 7 nitrogen and oxygen atoms in total. The first-order valence-electron chi connectivity index (χ1n) is 12.3. The summed E-state index contributed by atoms with van der Waals surface area (Å²) in [5.41, 5.74) is 0.796. The minimum absolute atomic E-state index is 0.00298. The molecule has 1 unspecified atom stereocenters. The average Bonchev–Trinajstić information content (AvgIpc) is 2.91. The van der Waals surface area contributed by atoms with E-state index >= 15 is 0 Å². The second kappa shape index (κ2) is 13.4. The molecule has 0 heterocycles. The molecule has 1 atom stereocenters. The van der Waals surface area contributed by atoms with Crippen LogP contribution in [0.25, 0.3) is 0 Å². The first-order chi connectivity index (χ1) is 18.1. The molecule has 0 bridgehead atoms. The highest BCUT2D eigenvalue weighted by molar-refractivity contribution is 7.92. The van der Waals surface area contributed by atoms with E-state index in [1.54, 1.807) is 43.3 Å². The zero-order valence-electron chi connectivity index (χ0n) is 21.3. The standard InChI is InChI=1S/C28H31ClFN3O4S/c1-3-4-17-31-28(35)21(2)32(19-22-13-15-24(30)16-14-22)27(34)20-33(25-10-8-9-23(29)18-25)38(36,37)26-11-6-5-7-12-26/h5-16,18,21H,3-4,17,19-20H2,1-2H3,(H,31,35). The molecule has 3 aromatic rings. The van der Waals surface area contributed by atoms with Crippen molar-refractivity contribution in [3.05, 3.63) is 95.3 Å². The number of nitrogens with zero attached hydrogens (tertiary/aromatic N) is 2. The van der Waals surface area contributed by atoms with Gasteiger partial charge in [-0.2, -0.15) is 0 Å². The minimum atomic E-state index is -4.16. The number of unbranched alkanes of at least 4 members (excludes halogenated alkanes) is 1. The lowest BCUT2D eigenvalue weighted by atomic mass is 10.1. The van der Waals surface area contributed by atoms with Crippen molar-refractivity contribution in [1.29, 1.82) is 0 Å². The predicted octanol–water partition coefficient (Wildman–Crippen LogP) is 5.01. The Morgan fingerprint density at radius 3 is 2.32 bits per heavy atom. The molecular formula is C28H31ClFN3O4S. The van der Waals surface area contributed by atoms with Gasteiger partial charge in [-0.25, -0.2) is 12.8 Å². The van der Waals surface area contributed by atoms with Crippen molar-refractivity contribution in [3.63, 3.8) is 0 Å². The van der Waals surface area contributed by atoms with E-state index in [0.29, 0.717) is 17.1 Å². The largest absolute Gasteiger partial charge is 0.354 e. The van der Waals surface area contributed by atoms with Gasteiger partial charge in [-0.05, 0) is 61.4 Å². The first-order valence-corrected chi connectivity index (χ1v) is 14.1. The number of sulfonamides is 1. The van der Waals surface area contributed by atoms with Crippen LogP contribution in [0, 0.1) is 5.82 Å². The summed E-state index contributed by atoms with van der Waals surface area (Å²) in [4.78, 5) is 28.0. The molecule has 0 spiro atoms. The van der Waals surface area contributed by atoms with Crippen LogP contribution in [0.1, 0.15) is 32.3 Å². The van der Waals surface area contributed by atoms with Crippen molar-refractivity contribution in [1.82, 2.24) is 10.2 Å². The van der Waals surface area contributed by atoms with Gasteiger partial charge >= 0.3 is 0 Å². The van der Waals surface area contributed by atoms with Crippen LogP contribution < -0.4 is 9.62 Å². The Hall–Kier alpha value is -3.43. The second-order valence-corrected chi connectivity index (χ2v) is 11.1. The van der Waals surface area contributed by atoms with E-state index in [1.807, 2.05) is 6.92 Å². The molecule has 0 saturated carbocycles. The molecular weight excluding hydrogens is 529 g/mol. The zero-order valence-corrected chi connectivity index (χ0v) is 22.9. The number of nitrogens with one attached hydrogen (secondary N) is 1. The van der Waals surface area contributed by atoms with Gasteiger partial charge < -0.3 is 10.2 Å². The van der Waals surface area contributed by atoms with E-state index in [4.69, 9.17) is 11.6 Å². The highest BCUT2D eigenvalue weighted by Gasteiger charge is 2.32. The quantitative estimate of drug-likeness (QED) is 0.316. The molecule has 0 aromatic heterocycles. The van der Waals surface area contributed by atoms with Crippen LogP contribution in [0.15, 0.2) is 83.8 Å². The number of benzene rings is 3. The number of amides is 2. The van der Waals surface area contributed by atoms with Crippen molar-refractivity contribution in [3.8, 4) is 0 Å². The number of hydrogen-bond donors (Lipinski definition) is 1. The third kappa shape index (κ3) is 7.55. The fourth-order valence-corrected chi connectivity index (χ4v) is 5.40. The van der Waals surface area contributed by atoms with Crippen molar-refractivity contribution < 1.29 is 22.4 Å². The fraction of sp³-hybridized carbons (Fsp3) is 0.286. The van der Waals surface area contributed by atoms with Gasteiger partial charge in [0, 0.05) is 18.1 Å². The van der Waals surface area contributed by atoms with Gasteiger partial charge in [0.25, 0.3) is 10.0 Å². The van der Waals surface area contributed by atoms with Crippen molar-refractivity contribution in [2.45, 2.75) is 44.2 Å². The average molecular weight is 560 g/mol. The Bertz CT molecular complexity index is 1340. The second-order valence-electron chi connectivity index (χ2n) is 8.77. The predicted molar refractivity (Wildman–Crippen MR) is 147 cm³/mol. The van der Waals surface area contributed by atoms with E-state index in [0.717, 1.165) is 17.1 Å². The minimum Gasteiger partial charge on any atom is -0.354 e. The molecule has 0 aliphatic heterocycles. The van der Waals surface area contributed by atoms with E-state index in [1.165, 1.54) is 47.4 Å². The zero-order chi connectivity index (χ0) is 27.7. The maximum absolute atomic E-state index is 13.8. The number of carbonyl (C=O) groups is 2. The maximum Gasteiger partial charge on any atom is 0.264 e. The van der Waals surface area contributed by atoms with Gasteiger partial charge in [0.2, 0.25) is 11.8 Å². The van der Waals surface area contributed by atoms with Crippen LogP contribution in [0.3, 0.4) is 0 Å². The molecule has 0 aliphatic carbocycles. The molecule has 3 aromatic carbocycles. The summed E-state index contributed by atoms with van der Waals surface area (Å²) < 4.78 is 41.8. The van der Waals surface area contributed by atoms with Gasteiger partial charge in [-0.3, -0.25) is 13.9 Å². The SMILES string of the molecule is CCCCNC(=O)C(C)N(Cc1ccc(F)cc1)C(=O)CN(c1cccc(Cl)c1)S(=O)(=O)c1ccccc1. The molecule has 2 amide bonds. The third-order valence-corrected chi connectivity index (χ3v) is 7.99. The van der Waals surface area contributed by atoms with Crippen LogP contribution in [-0.4, -0.2) is 44.3 Å². The summed E-state index contributed by atoms with van der Waals surface area (Å²) in [7, 11) is -4.16.